The molecule has 1 aromatic carbocycles. The number of anilines is 1. The van der Waals surface area contributed by atoms with Crippen LogP contribution in [0.5, 0.6) is 5.75 Å². The fraction of sp³-hybridized carbons (Fsp3) is 0.400. The van der Waals surface area contributed by atoms with Gasteiger partial charge in [0.15, 0.2) is 5.82 Å². The summed E-state index contributed by atoms with van der Waals surface area (Å²) in [6.07, 6.45) is -1.30. The van der Waals surface area contributed by atoms with Gasteiger partial charge in [-0.15, -0.1) is 10.2 Å². The fourth-order valence-corrected chi connectivity index (χ4v) is 4.17. The van der Waals surface area contributed by atoms with Crippen molar-refractivity contribution in [1.82, 2.24) is 29.9 Å². The minimum absolute atomic E-state index is 0.147. The lowest BCUT2D eigenvalue weighted by Gasteiger charge is -2.33. The highest BCUT2D eigenvalue weighted by molar-refractivity contribution is 7.03. The molecule has 1 aliphatic heterocycles. The molecule has 1 N–H and O–H groups in total. The van der Waals surface area contributed by atoms with E-state index in [0.717, 1.165) is 31.2 Å². The van der Waals surface area contributed by atoms with Gasteiger partial charge in [0.1, 0.15) is 17.0 Å². The lowest BCUT2D eigenvalue weighted by atomic mass is 10.1. The standard InChI is InChI=1S/C20H18F3N7O2S/c21-20(22,23)18(31)32-16-7-12(17-26-10-33-29-17)3-4-13(16)14-8-25-19(28-27-14)30-6-5-24-15(9-30)11-1-2-11/h3-4,7-8,10-11,15,24H,1-2,5-6,9H2/t15-/m1/s1. The maximum atomic E-state index is 12.8. The number of carbonyl (C=O) groups is 1. The van der Waals surface area contributed by atoms with Crippen LogP contribution in [0.25, 0.3) is 22.6 Å². The second kappa shape index (κ2) is 8.63. The van der Waals surface area contributed by atoms with Crippen molar-refractivity contribution in [3.63, 3.8) is 0 Å². The van der Waals surface area contributed by atoms with Gasteiger partial charge in [0, 0.05) is 36.8 Å². The van der Waals surface area contributed by atoms with Crippen LogP contribution in [0.1, 0.15) is 12.8 Å². The van der Waals surface area contributed by atoms with E-state index >= 15 is 0 Å². The Morgan fingerprint density at radius 2 is 2.06 bits per heavy atom. The summed E-state index contributed by atoms with van der Waals surface area (Å²) in [5, 5.41) is 11.8. The first-order chi connectivity index (χ1) is 15.9. The van der Waals surface area contributed by atoms with Gasteiger partial charge in [-0.2, -0.15) is 17.5 Å². The zero-order valence-corrected chi connectivity index (χ0v) is 17.9. The smallest absolute Gasteiger partial charge is 0.419 e. The van der Waals surface area contributed by atoms with Crippen molar-refractivity contribution in [2.75, 3.05) is 24.5 Å². The molecule has 13 heteroatoms. The Morgan fingerprint density at radius 3 is 2.73 bits per heavy atom. The second-order valence-electron chi connectivity index (χ2n) is 7.84. The summed E-state index contributed by atoms with van der Waals surface area (Å²) in [5.41, 5.74) is 2.21. The Bertz CT molecular complexity index is 1140. The Balaban J connectivity index is 1.43. The van der Waals surface area contributed by atoms with Gasteiger partial charge in [0.2, 0.25) is 5.95 Å². The SMILES string of the molecule is O=C(Oc1cc(-c2ncsn2)ccc1-c1cnc(N2CCN[C@@H](C3CC3)C2)nn1)C(F)(F)F. The average molecular weight is 477 g/mol. The van der Waals surface area contributed by atoms with E-state index in [1.165, 1.54) is 36.7 Å². The monoisotopic (exact) mass is 477 g/mol. The molecule has 2 aliphatic rings. The summed E-state index contributed by atoms with van der Waals surface area (Å²) >= 11 is 1.09. The summed E-state index contributed by atoms with van der Waals surface area (Å²) in [7, 11) is 0. The van der Waals surface area contributed by atoms with Crippen LogP contribution < -0.4 is 15.0 Å². The third-order valence-electron chi connectivity index (χ3n) is 5.54. The molecule has 3 heterocycles. The molecule has 0 spiro atoms. The highest BCUT2D eigenvalue weighted by Crippen LogP contribution is 2.35. The molecule has 0 amide bonds. The van der Waals surface area contributed by atoms with Crippen LogP contribution in [0.4, 0.5) is 19.1 Å². The maximum Gasteiger partial charge on any atom is 0.491 e. The zero-order chi connectivity index (χ0) is 23.0. The molecule has 9 nitrogen and oxygen atoms in total. The van der Waals surface area contributed by atoms with Gasteiger partial charge >= 0.3 is 12.1 Å². The third kappa shape index (κ3) is 4.78. The minimum atomic E-state index is -5.15. The number of aromatic nitrogens is 5. The van der Waals surface area contributed by atoms with Gasteiger partial charge in [-0.3, -0.25) is 0 Å². The van der Waals surface area contributed by atoms with Crippen molar-refractivity contribution >= 4 is 23.5 Å². The molecule has 1 saturated carbocycles. The molecule has 1 atom stereocenters. The Kier molecular flexibility index (Phi) is 5.66. The summed E-state index contributed by atoms with van der Waals surface area (Å²) in [6, 6.07) is 4.75. The van der Waals surface area contributed by atoms with Crippen molar-refractivity contribution < 1.29 is 22.7 Å². The number of hydrogen-bond acceptors (Lipinski definition) is 10. The zero-order valence-electron chi connectivity index (χ0n) is 17.1. The van der Waals surface area contributed by atoms with Crippen molar-refractivity contribution in [3.05, 3.63) is 29.9 Å². The van der Waals surface area contributed by atoms with E-state index in [0.29, 0.717) is 29.3 Å². The first kappa shape index (κ1) is 21.6. The van der Waals surface area contributed by atoms with E-state index in [4.69, 9.17) is 0 Å². The number of piperazine rings is 1. The number of ether oxygens (including phenoxy) is 1. The van der Waals surface area contributed by atoms with Crippen LogP contribution in [0.2, 0.25) is 0 Å². The van der Waals surface area contributed by atoms with E-state index in [9.17, 15) is 18.0 Å². The van der Waals surface area contributed by atoms with Gasteiger partial charge in [0.25, 0.3) is 0 Å². The van der Waals surface area contributed by atoms with E-state index in [1.807, 2.05) is 4.90 Å². The van der Waals surface area contributed by atoms with Crippen molar-refractivity contribution in [3.8, 4) is 28.4 Å². The molecule has 1 saturated heterocycles. The average Bonchev–Trinajstić information content (AvgIpc) is 3.52. The fourth-order valence-electron chi connectivity index (χ4n) is 3.72. The number of nitrogens with zero attached hydrogens (tertiary/aromatic N) is 6. The quantitative estimate of drug-likeness (QED) is 0.439. The van der Waals surface area contributed by atoms with Crippen LogP contribution >= 0.6 is 11.5 Å². The van der Waals surface area contributed by atoms with Crippen LogP contribution in [0, 0.1) is 5.92 Å². The van der Waals surface area contributed by atoms with Crippen LogP contribution in [-0.4, -0.2) is 62.4 Å². The lowest BCUT2D eigenvalue weighted by Crippen LogP contribution is -2.52. The molecule has 172 valence electrons. The summed E-state index contributed by atoms with van der Waals surface area (Å²) in [5.74, 6) is -1.24. The van der Waals surface area contributed by atoms with Crippen LogP contribution in [-0.2, 0) is 4.79 Å². The number of carbonyl (C=O) groups excluding carboxylic acids is 1. The topological polar surface area (TPSA) is 106 Å². The first-order valence-corrected chi connectivity index (χ1v) is 11.1. The van der Waals surface area contributed by atoms with Crippen molar-refractivity contribution in [2.24, 2.45) is 5.92 Å². The number of alkyl halides is 3. The highest BCUT2D eigenvalue weighted by Gasteiger charge is 2.42. The van der Waals surface area contributed by atoms with Gasteiger partial charge in [-0.25, -0.2) is 14.8 Å². The molecule has 2 fully saturated rings. The predicted molar refractivity (Wildman–Crippen MR) is 113 cm³/mol. The van der Waals surface area contributed by atoms with Gasteiger partial charge < -0.3 is 15.0 Å². The largest absolute Gasteiger partial charge is 0.491 e. The van der Waals surface area contributed by atoms with Gasteiger partial charge in [0.05, 0.1) is 6.20 Å². The summed E-state index contributed by atoms with van der Waals surface area (Å²) in [6.45, 7) is 2.32. The normalized spacial score (nSPS) is 18.9. The second-order valence-corrected chi connectivity index (χ2v) is 8.44. The molecule has 0 bridgehead atoms. The molecule has 33 heavy (non-hydrogen) atoms. The maximum absolute atomic E-state index is 12.8. The molecule has 3 aromatic rings. The Labute approximate surface area is 190 Å². The van der Waals surface area contributed by atoms with Crippen LogP contribution in [0.15, 0.2) is 29.9 Å². The first-order valence-electron chi connectivity index (χ1n) is 10.3. The molecule has 0 radical (unpaired) electrons. The van der Waals surface area contributed by atoms with Gasteiger partial charge in [-0.05, 0) is 42.4 Å². The summed E-state index contributed by atoms with van der Waals surface area (Å²) in [4.78, 5) is 22.0. The third-order valence-corrected chi connectivity index (χ3v) is 6.02. The number of benzene rings is 1. The van der Waals surface area contributed by atoms with E-state index in [2.05, 4.69) is 34.6 Å². The number of halogens is 3. The Morgan fingerprint density at radius 1 is 1.21 bits per heavy atom. The Hall–Kier alpha value is -3.19. The van der Waals surface area contributed by atoms with Crippen molar-refractivity contribution in [2.45, 2.75) is 25.1 Å². The number of hydrogen-bond donors (Lipinski definition) is 1. The van der Waals surface area contributed by atoms with E-state index in [1.54, 1.807) is 6.07 Å². The molecule has 0 unspecified atom stereocenters. The molecular weight excluding hydrogens is 459 g/mol. The van der Waals surface area contributed by atoms with Crippen LogP contribution in [0.3, 0.4) is 0 Å². The molecular formula is C20H18F3N7O2S. The number of esters is 1. The predicted octanol–water partition coefficient (Wildman–Crippen LogP) is 2.71. The number of rotatable bonds is 5. The van der Waals surface area contributed by atoms with Gasteiger partial charge in [-0.1, -0.05) is 6.07 Å². The number of nitrogens with one attached hydrogen (secondary N) is 1. The minimum Gasteiger partial charge on any atom is -0.419 e. The van der Waals surface area contributed by atoms with E-state index < -0.39 is 12.1 Å². The molecule has 1 aliphatic carbocycles. The molecule has 5 rings (SSSR count). The summed E-state index contributed by atoms with van der Waals surface area (Å²) < 4.78 is 47.3. The van der Waals surface area contributed by atoms with Crippen molar-refractivity contribution in [1.29, 1.82) is 0 Å². The lowest BCUT2D eigenvalue weighted by molar-refractivity contribution is -0.189. The molecule has 2 aromatic heterocycles. The highest BCUT2D eigenvalue weighted by atomic mass is 32.1. The van der Waals surface area contributed by atoms with E-state index in [-0.39, 0.29) is 17.0 Å².